The second-order valence-corrected chi connectivity index (χ2v) is 5.82. The molecule has 3 rings (SSSR count). The van der Waals surface area contributed by atoms with E-state index in [0.29, 0.717) is 6.54 Å². The van der Waals surface area contributed by atoms with Crippen molar-refractivity contribution in [2.24, 2.45) is 0 Å². The fourth-order valence-corrected chi connectivity index (χ4v) is 2.97. The third-order valence-corrected chi connectivity index (χ3v) is 4.14. The zero-order valence-electron chi connectivity index (χ0n) is 12.5. The van der Waals surface area contributed by atoms with Crippen LogP contribution in [0.15, 0.2) is 36.4 Å². The molecule has 0 fully saturated rings. The van der Waals surface area contributed by atoms with Crippen molar-refractivity contribution in [3.05, 3.63) is 64.2 Å². The van der Waals surface area contributed by atoms with Gasteiger partial charge in [0.2, 0.25) is 0 Å². The standard InChI is InChI=1S/C18H20N2O/c1-12-3-6-17(13(2)9-12)18(21)20-8-7-14-4-5-16(19)10-15(14)11-20/h3-6,9-10H,7-8,11,19H2,1-2H3. The second-order valence-electron chi connectivity index (χ2n) is 5.82. The van der Waals surface area contributed by atoms with Crippen LogP contribution in [0.5, 0.6) is 0 Å². The van der Waals surface area contributed by atoms with Crippen molar-refractivity contribution in [1.82, 2.24) is 4.90 Å². The van der Waals surface area contributed by atoms with Gasteiger partial charge in [0.15, 0.2) is 0 Å². The van der Waals surface area contributed by atoms with E-state index in [1.807, 2.05) is 43.0 Å². The lowest BCUT2D eigenvalue weighted by Crippen LogP contribution is -2.36. The van der Waals surface area contributed by atoms with Crippen LogP contribution in [-0.2, 0) is 13.0 Å². The largest absolute Gasteiger partial charge is 0.399 e. The Balaban J connectivity index is 1.87. The minimum atomic E-state index is 0.112. The number of nitrogen functional groups attached to an aromatic ring is 1. The lowest BCUT2D eigenvalue weighted by molar-refractivity contribution is 0.0734. The highest BCUT2D eigenvalue weighted by atomic mass is 16.2. The minimum Gasteiger partial charge on any atom is -0.399 e. The summed E-state index contributed by atoms with van der Waals surface area (Å²) in [4.78, 5) is 14.6. The van der Waals surface area contributed by atoms with Crippen LogP contribution in [0.4, 0.5) is 5.69 Å². The van der Waals surface area contributed by atoms with Crippen LogP contribution in [0.1, 0.15) is 32.6 Å². The molecule has 0 aliphatic carbocycles. The predicted octanol–water partition coefficient (Wildman–Crippen LogP) is 3.08. The summed E-state index contributed by atoms with van der Waals surface area (Å²) in [7, 11) is 0. The SMILES string of the molecule is Cc1ccc(C(=O)N2CCc3ccc(N)cc3C2)c(C)c1. The highest BCUT2D eigenvalue weighted by molar-refractivity contribution is 5.95. The Morgan fingerprint density at radius 1 is 1.10 bits per heavy atom. The number of aryl methyl sites for hydroxylation is 2. The van der Waals surface area contributed by atoms with Crippen molar-refractivity contribution in [3.8, 4) is 0 Å². The Bertz CT molecular complexity index is 706. The highest BCUT2D eigenvalue weighted by Gasteiger charge is 2.22. The van der Waals surface area contributed by atoms with Crippen molar-refractivity contribution in [2.75, 3.05) is 12.3 Å². The number of carbonyl (C=O) groups excluding carboxylic acids is 1. The monoisotopic (exact) mass is 280 g/mol. The van der Waals surface area contributed by atoms with Crippen molar-refractivity contribution >= 4 is 11.6 Å². The molecule has 0 radical (unpaired) electrons. The molecule has 108 valence electrons. The number of amides is 1. The molecule has 0 unspecified atom stereocenters. The van der Waals surface area contributed by atoms with Gasteiger partial charge in [0.1, 0.15) is 0 Å². The van der Waals surface area contributed by atoms with Gasteiger partial charge in [-0.15, -0.1) is 0 Å². The van der Waals surface area contributed by atoms with Crippen LogP contribution in [0.2, 0.25) is 0 Å². The van der Waals surface area contributed by atoms with Crippen molar-refractivity contribution in [2.45, 2.75) is 26.8 Å². The molecule has 0 saturated heterocycles. The van der Waals surface area contributed by atoms with E-state index in [0.717, 1.165) is 29.8 Å². The molecule has 0 atom stereocenters. The van der Waals surface area contributed by atoms with Gasteiger partial charge in [-0.05, 0) is 55.2 Å². The normalized spacial score (nSPS) is 13.9. The first-order chi connectivity index (χ1) is 10.0. The summed E-state index contributed by atoms with van der Waals surface area (Å²) >= 11 is 0. The van der Waals surface area contributed by atoms with Crippen molar-refractivity contribution in [3.63, 3.8) is 0 Å². The molecule has 3 heteroatoms. The van der Waals surface area contributed by atoms with E-state index in [1.165, 1.54) is 16.7 Å². The number of anilines is 1. The third-order valence-electron chi connectivity index (χ3n) is 4.14. The molecule has 0 spiro atoms. The number of nitrogens with two attached hydrogens (primary N) is 1. The molecular weight excluding hydrogens is 260 g/mol. The van der Waals surface area contributed by atoms with E-state index in [2.05, 4.69) is 12.1 Å². The number of hydrogen-bond donors (Lipinski definition) is 1. The maximum Gasteiger partial charge on any atom is 0.254 e. The highest BCUT2D eigenvalue weighted by Crippen LogP contribution is 2.23. The van der Waals surface area contributed by atoms with Gasteiger partial charge in [-0.25, -0.2) is 0 Å². The molecule has 0 aromatic heterocycles. The molecular formula is C18H20N2O. The fourth-order valence-electron chi connectivity index (χ4n) is 2.97. The third kappa shape index (κ3) is 2.64. The quantitative estimate of drug-likeness (QED) is 0.816. The van der Waals surface area contributed by atoms with Crippen LogP contribution in [-0.4, -0.2) is 17.4 Å². The molecule has 21 heavy (non-hydrogen) atoms. The predicted molar refractivity (Wildman–Crippen MR) is 85.2 cm³/mol. The van der Waals surface area contributed by atoms with E-state index in [4.69, 9.17) is 5.73 Å². The fraction of sp³-hybridized carbons (Fsp3) is 0.278. The summed E-state index contributed by atoms with van der Waals surface area (Å²) in [5, 5.41) is 0. The molecule has 2 N–H and O–H groups in total. The average molecular weight is 280 g/mol. The number of carbonyl (C=O) groups is 1. The number of rotatable bonds is 1. The first-order valence-electron chi connectivity index (χ1n) is 7.28. The summed E-state index contributed by atoms with van der Waals surface area (Å²) in [5.74, 6) is 0.112. The van der Waals surface area contributed by atoms with E-state index in [-0.39, 0.29) is 5.91 Å². The van der Waals surface area contributed by atoms with Gasteiger partial charge in [0.25, 0.3) is 5.91 Å². The summed E-state index contributed by atoms with van der Waals surface area (Å²) < 4.78 is 0. The van der Waals surface area contributed by atoms with Gasteiger partial charge >= 0.3 is 0 Å². The summed E-state index contributed by atoms with van der Waals surface area (Å²) in [6, 6.07) is 12.0. The molecule has 1 aliphatic rings. The van der Waals surface area contributed by atoms with Gasteiger partial charge in [-0.1, -0.05) is 23.8 Å². The van der Waals surface area contributed by atoms with E-state index < -0.39 is 0 Å². The summed E-state index contributed by atoms with van der Waals surface area (Å²) in [5.41, 5.74) is 12.1. The molecule has 1 heterocycles. The van der Waals surface area contributed by atoms with Crippen LogP contribution < -0.4 is 5.73 Å². The van der Waals surface area contributed by atoms with Gasteiger partial charge in [0.05, 0.1) is 0 Å². The maximum atomic E-state index is 12.7. The Hall–Kier alpha value is -2.29. The lowest BCUT2D eigenvalue weighted by atomic mass is 9.97. The molecule has 0 bridgehead atoms. The first-order valence-corrected chi connectivity index (χ1v) is 7.28. The van der Waals surface area contributed by atoms with E-state index in [1.54, 1.807) is 0 Å². The van der Waals surface area contributed by atoms with Crippen LogP contribution in [0.3, 0.4) is 0 Å². The second kappa shape index (κ2) is 5.24. The van der Waals surface area contributed by atoms with Crippen molar-refractivity contribution in [1.29, 1.82) is 0 Å². The topological polar surface area (TPSA) is 46.3 Å². The Morgan fingerprint density at radius 3 is 2.67 bits per heavy atom. The van der Waals surface area contributed by atoms with E-state index in [9.17, 15) is 4.79 Å². The molecule has 0 saturated carbocycles. The van der Waals surface area contributed by atoms with Crippen LogP contribution in [0, 0.1) is 13.8 Å². The lowest BCUT2D eigenvalue weighted by Gasteiger charge is -2.29. The average Bonchev–Trinajstić information content (AvgIpc) is 2.46. The van der Waals surface area contributed by atoms with Crippen LogP contribution >= 0.6 is 0 Å². The zero-order chi connectivity index (χ0) is 15.0. The Labute approximate surface area is 125 Å². The minimum absolute atomic E-state index is 0.112. The molecule has 2 aromatic rings. The van der Waals surface area contributed by atoms with Gasteiger partial charge in [0, 0.05) is 24.3 Å². The number of nitrogens with zero attached hydrogens (tertiary/aromatic N) is 1. The molecule has 1 aliphatic heterocycles. The molecule has 2 aromatic carbocycles. The summed E-state index contributed by atoms with van der Waals surface area (Å²) in [6.07, 6.45) is 0.895. The number of benzene rings is 2. The van der Waals surface area contributed by atoms with Crippen molar-refractivity contribution < 1.29 is 4.79 Å². The zero-order valence-corrected chi connectivity index (χ0v) is 12.5. The Morgan fingerprint density at radius 2 is 1.90 bits per heavy atom. The summed E-state index contributed by atoms with van der Waals surface area (Å²) in [6.45, 7) is 5.45. The van der Waals surface area contributed by atoms with Gasteiger partial charge < -0.3 is 10.6 Å². The smallest absolute Gasteiger partial charge is 0.254 e. The first kappa shape index (κ1) is 13.7. The van der Waals surface area contributed by atoms with Crippen LogP contribution in [0.25, 0.3) is 0 Å². The van der Waals surface area contributed by atoms with Gasteiger partial charge in [-0.2, -0.15) is 0 Å². The molecule has 3 nitrogen and oxygen atoms in total. The van der Waals surface area contributed by atoms with Gasteiger partial charge in [-0.3, -0.25) is 4.79 Å². The maximum absolute atomic E-state index is 12.7. The number of fused-ring (bicyclic) bond motifs is 1. The Kier molecular flexibility index (Phi) is 3.42. The number of hydrogen-bond acceptors (Lipinski definition) is 2. The van der Waals surface area contributed by atoms with E-state index >= 15 is 0 Å². The molecule has 1 amide bonds.